The Morgan fingerprint density at radius 1 is 0.615 bits per heavy atom. The van der Waals surface area contributed by atoms with Crippen LogP contribution in [-0.2, 0) is 20.2 Å². The molecule has 198 valence electrons. The van der Waals surface area contributed by atoms with E-state index in [-0.39, 0.29) is 20.9 Å². The lowest BCUT2D eigenvalue weighted by molar-refractivity contribution is -0.605. The third kappa shape index (κ3) is 4.75. The van der Waals surface area contributed by atoms with Crippen LogP contribution in [0, 0.1) is 19.1 Å². The maximum atomic E-state index is 13.5. The molecule has 0 aliphatic heterocycles. The van der Waals surface area contributed by atoms with Crippen molar-refractivity contribution in [1.29, 1.82) is 0 Å². The SMILES string of the molecule is Cc1ccc(S(=O)(=O)Oc2ccc(OS(=O)(=O)c3ccc(C)cc3)c3c2C(=O)c2cc[n+]([O-])cc2C3=O)cc1. The van der Waals surface area contributed by atoms with E-state index in [1.807, 2.05) is 0 Å². The number of rotatable bonds is 6. The Hall–Kier alpha value is -4.55. The van der Waals surface area contributed by atoms with E-state index in [0.717, 1.165) is 41.7 Å². The second kappa shape index (κ2) is 9.33. The van der Waals surface area contributed by atoms with Crippen LogP contribution in [0.3, 0.4) is 0 Å². The topological polar surface area (TPSA) is 148 Å². The molecule has 0 saturated carbocycles. The number of ketones is 2. The van der Waals surface area contributed by atoms with Gasteiger partial charge in [0.05, 0.1) is 16.7 Å². The molecule has 5 rings (SSSR count). The lowest BCUT2D eigenvalue weighted by Gasteiger charge is -2.21. The zero-order chi connectivity index (χ0) is 28.1. The maximum absolute atomic E-state index is 13.5. The van der Waals surface area contributed by atoms with Crippen molar-refractivity contribution in [1.82, 2.24) is 0 Å². The molecule has 0 amide bonds. The van der Waals surface area contributed by atoms with E-state index in [0.29, 0.717) is 4.73 Å². The first-order valence-electron chi connectivity index (χ1n) is 11.4. The summed E-state index contributed by atoms with van der Waals surface area (Å²) in [5.74, 6) is -2.81. The molecule has 0 bridgehead atoms. The quantitative estimate of drug-likeness (QED) is 0.172. The second-order valence-electron chi connectivity index (χ2n) is 8.80. The molecule has 10 nitrogen and oxygen atoms in total. The van der Waals surface area contributed by atoms with E-state index >= 15 is 0 Å². The highest BCUT2D eigenvalue weighted by molar-refractivity contribution is 7.87. The molecule has 1 aliphatic carbocycles. The van der Waals surface area contributed by atoms with Crippen molar-refractivity contribution in [3.63, 3.8) is 0 Å². The van der Waals surface area contributed by atoms with Gasteiger partial charge in [0, 0.05) is 11.6 Å². The zero-order valence-electron chi connectivity index (χ0n) is 20.4. The smallest absolute Gasteiger partial charge is 0.339 e. The molecule has 0 saturated heterocycles. The summed E-state index contributed by atoms with van der Waals surface area (Å²) in [6, 6.07) is 14.6. The van der Waals surface area contributed by atoms with E-state index < -0.39 is 54.4 Å². The Labute approximate surface area is 223 Å². The number of hydrogen-bond donors (Lipinski definition) is 0. The molecule has 0 unspecified atom stereocenters. The van der Waals surface area contributed by atoms with Crippen molar-refractivity contribution in [2.75, 3.05) is 0 Å². The minimum absolute atomic E-state index is 0.185. The van der Waals surface area contributed by atoms with Gasteiger partial charge in [0.1, 0.15) is 9.79 Å². The van der Waals surface area contributed by atoms with Crippen molar-refractivity contribution in [2.45, 2.75) is 23.6 Å². The fourth-order valence-electron chi connectivity index (χ4n) is 4.02. The van der Waals surface area contributed by atoms with Gasteiger partial charge in [-0.3, -0.25) is 9.59 Å². The van der Waals surface area contributed by atoms with Crippen molar-refractivity contribution >= 4 is 31.8 Å². The largest absolute Gasteiger partial charge is 0.619 e. The molecule has 1 aromatic heterocycles. The molecule has 12 heteroatoms. The number of aromatic nitrogens is 1. The number of benzene rings is 3. The van der Waals surface area contributed by atoms with Crippen molar-refractivity contribution in [3.05, 3.63) is 118 Å². The third-order valence-corrected chi connectivity index (χ3v) is 8.52. The molecule has 0 fully saturated rings. The highest BCUT2D eigenvalue weighted by Gasteiger charge is 2.39. The Balaban J connectivity index is 1.67. The van der Waals surface area contributed by atoms with Gasteiger partial charge in [-0.25, -0.2) is 0 Å². The Bertz CT molecular complexity index is 1880. The van der Waals surface area contributed by atoms with E-state index in [9.17, 15) is 31.6 Å². The molecule has 0 N–H and O–H groups in total. The van der Waals surface area contributed by atoms with Crippen LogP contribution in [-0.4, -0.2) is 28.4 Å². The molecular weight excluding hydrogens is 546 g/mol. The summed E-state index contributed by atoms with van der Waals surface area (Å²) in [4.78, 5) is 26.7. The first-order valence-corrected chi connectivity index (χ1v) is 14.2. The average molecular weight is 566 g/mol. The predicted molar refractivity (Wildman–Crippen MR) is 137 cm³/mol. The van der Waals surface area contributed by atoms with Crippen LogP contribution in [0.4, 0.5) is 0 Å². The fraction of sp³-hybridized carbons (Fsp3) is 0.0741. The summed E-state index contributed by atoms with van der Waals surface area (Å²) in [5, 5.41) is 11.9. The van der Waals surface area contributed by atoms with Gasteiger partial charge in [-0.2, -0.15) is 21.6 Å². The summed E-state index contributed by atoms with van der Waals surface area (Å²) >= 11 is 0. The molecule has 0 atom stereocenters. The zero-order valence-corrected chi connectivity index (χ0v) is 22.1. The van der Waals surface area contributed by atoms with Crippen LogP contribution in [0.25, 0.3) is 0 Å². The Morgan fingerprint density at radius 3 is 1.46 bits per heavy atom. The highest BCUT2D eigenvalue weighted by Crippen LogP contribution is 2.40. The number of carbonyl (C=O) groups is 2. The molecule has 1 heterocycles. The van der Waals surface area contributed by atoms with E-state index in [1.165, 1.54) is 24.3 Å². The summed E-state index contributed by atoms with van der Waals surface area (Å²) in [7, 11) is -8.93. The minimum Gasteiger partial charge on any atom is -0.619 e. The molecular formula is C27H19NO9S2. The van der Waals surface area contributed by atoms with Crippen molar-refractivity contribution in [2.24, 2.45) is 0 Å². The number of nitrogens with zero attached hydrogens (tertiary/aromatic N) is 1. The van der Waals surface area contributed by atoms with Gasteiger partial charge in [0.15, 0.2) is 29.7 Å². The van der Waals surface area contributed by atoms with Crippen LogP contribution >= 0.6 is 0 Å². The number of aryl methyl sites for hydroxylation is 2. The van der Waals surface area contributed by atoms with Crippen molar-refractivity contribution < 1.29 is 39.5 Å². The van der Waals surface area contributed by atoms with E-state index in [4.69, 9.17) is 8.37 Å². The van der Waals surface area contributed by atoms with Gasteiger partial charge in [0.2, 0.25) is 5.78 Å². The van der Waals surface area contributed by atoms with Crippen LogP contribution in [0.15, 0.2) is 88.9 Å². The first kappa shape index (κ1) is 26.1. The summed E-state index contributed by atoms with van der Waals surface area (Å²) < 4.78 is 62.9. The second-order valence-corrected chi connectivity index (χ2v) is 11.9. The molecule has 4 aromatic rings. The standard InChI is InChI=1S/C27H19NO9S2/c1-16-3-7-18(8-4-16)38(32,33)36-22-11-12-23(37-39(34,35)19-9-5-17(2)6-10-19)25-24(22)26(29)20-13-14-28(31)15-21(20)27(25)30/h3-15H,1-2H3. The lowest BCUT2D eigenvalue weighted by atomic mass is 9.84. The summed E-state index contributed by atoms with van der Waals surface area (Å²) in [6.07, 6.45) is 1.87. The Kier molecular flexibility index (Phi) is 6.24. The van der Waals surface area contributed by atoms with Gasteiger partial charge >= 0.3 is 20.2 Å². The number of pyridine rings is 1. The van der Waals surface area contributed by atoms with Crippen LogP contribution < -0.4 is 13.1 Å². The number of hydrogen-bond acceptors (Lipinski definition) is 9. The predicted octanol–water partition coefficient (Wildman–Crippen LogP) is 3.25. The monoisotopic (exact) mass is 565 g/mol. The minimum atomic E-state index is -4.47. The summed E-state index contributed by atoms with van der Waals surface area (Å²) in [6.45, 7) is 3.53. The maximum Gasteiger partial charge on any atom is 0.339 e. The van der Waals surface area contributed by atoms with Gasteiger partial charge in [-0.1, -0.05) is 35.4 Å². The third-order valence-electron chi connectivity index (χ3n) is 6.03. The number of fused-ring (bicyclic) bond motifs is 2. The summed E-state index contributed by atoms with van der Waals surface area (Å²) in [5.41, 5.74) is 0.0489. The van der Waals surface area contributed by atoms with Crippen LogP contribution in [0.2, 0.25) is 0 Å². The van der Waals surface area contributed by atoms with Gasteiger partial charge in [0.25, 0.3) is 0 Å². The fourth-order valence-corrected chi connectivity index (χ4v) is 5.90. The number of carbonyl (C=O) groups excluding carboxylic acids is 2. The van der Waals surface area contributed by atoms with E-state index in [2.05, 4.69) is 0 Å². The van der Waals surface area contributed by atoms with E-state index in [1.54, 1.807) is 38.1 Å². The van der Waals surface area contributed by atoms with Crippen molar-refractivity contribution in [3.8, 4) is 11.5 Å². The lowest BCUT2D eigenvalue weighted by Crippen LogP contribution is -2.31. The average Bonchev–Trinajstić information content (AvgIpc) is 2.88. The highest BCUT2D eigenvalue weighted by atomic mass is 32.2. The van der Waals surface area contributed by atoms with Crippen LogP contribution in [0.1, 0.15) is 43.0 Å². The first-order chi connectivity index (χ1) is 18.4. The molecule has 0 spiro atoms. The molecule has 0 radical (unpaired) electrons. The van der Waals surface area contributed by atoms with Gasteiger partial charge < -0.3 is 13.6 Å². The molecule has 3 aromatic carbocycles. The van der Waals surface area contributed by atoms with Crippen LogP contribution in [0.5, 0.6) is 11.5 Å². The van der Waals surface area contributed by atoms with Gasteiger partial charge in [-0.15, -0.1) is 0 Å². The van der Waals surface area contributed by atoms with Gasteiger partial charge in [-0.05, 0) is 50.2 Å². The molecule has 1 aliphatic rings. The Morgan fingerprint density at radius 2 is 1.03 bits per heavy atom. The molecule has 39 heavy (non-hydrogen) atoms. The normalized spacial score (nSPS) is 13.0.